The second-order valence-electron chi connectivity index (χ2n) is 5.32. The van der Waals surface area contributed by atoms with Gasteiger partial charge >= 0.3 is 0 Å². The lowest BCUT2D eigenvalue weighted by Gasteiger charge is -2.35. The normalized spacial score (nSPS) is 19.5. The van der Waals surface area contributed by atoms with Gasteiger partial charge in [-0.2, -0.15) is 0 Å². The van der Waals surface area contributed by atoms with E-state index < -0.39 is 0 Å². The average molecular weight is 327 g/mol. The van der Waals surface area contributed by atoms with Gasteiger partial charge in [-0.1, -0.05) is 35.0 Å². The summed E-state index contributed by atoms with van der Waals surface area (Å²) in [5.41, 5.74) is 1.40. The maximum Gasteiger partial charge on any atom is 0.0558 e. The molecule has 0 unspecified atom stereocenters. The Morgan fingerprint density at radius 3 is 2.53 bits per heavy atom. The molecule has 0 aliphatic carbocycles. The van der Waals surface area contributed by atoms with Crippen molar-refractivity contribution in [2.45, 2.75) is 12.8 Å². The fraction of sp³-hybridized carbons (Fsp3) is 0.600. The minimum Gasteiger partial charge on any atom is -0.395 e. The summed E-state index contributed by atoms with van der Waals surface area (Å²) in [6.07, 6.45) is 0. The Labute approximate surface area is 124 Å². The molecular formula is C15H23BrN2O. The molecule has 1 atom stereocenters. The maximum atomic E-state index is 8.94. The van der Waals surface area contributed by atoms with Crippen LogP contribution in [0.4, 0.5) is 0 Å². The summed E-state index contributed by atoms with van der Waals surface area (Å²) in [6.45, 7) is 8.86. The van der Waals surface area contributed by atoms with Crippen LogP contribution in [-0.2, 0) is 0 Å². The number of β-amino-alcohol motifs (C(OH)–C–C–N with tert-alkyl or cyclic N) is 1. The molecule has 0 saturated carbocycles. The molecule has 3 nitrogen and oxygen atoms in total. The predicted molar refractivity (Wildman–Crippen MR) is 82.5 cm³/mol. The summed E-state index contributed by atoms with van der Waals surface area (Å²) in [4.78, 5) is 4.86. The maximum absolute atomic E-state index is 8.94. The van der Waals surface area contributed by atoms with E-state index in [0.29, 0.717) is 5.92 Å². The van der Waals surface area contributed by atoms with Crippen molar-refractivity contribution in [1.29, 1.82) is 0 Å². The molecule has 0 aromatic heterocycles. The molecule has 1 N–H and O–H groups in total. The molecule has 1 saturated heterocycles. The average Bonchev–Trinajstić information content (AvgIpc) is 2.41. The van der Waals surface area contributed by atoms with Crippen molar-refractivity contribution < 1.29 is 5.11 Å². The third-order valence-electron chi connectivity index (χ3n) is 3.83. The molecule has 1 aliphatic heterocycles. The molecule has 1 aliphatic rings. The van der Waals surface area contributed by atoms with Crippen molar-refractivity contribution in [3.8, 4) is 0 Å². The van der Waals surface area contributed by atoms with Crippen molar-refractivity contribution >= 4 is 15.9 Å². The van der Waals surface area contributed by atoms with Crippen LogP contribution >= 0.6 is 15.9 Å². The minimum atomic E-state index is 0.272. The van der Waals surface area contributed by atoms with Crippen molar-refractivity contribution in [3.05, 3.63) is 34.3 Å². The predicted octanol–water partition coefficient (Wildman–Crippen LogP) is 2.16. The van der Waals surface area contributed by atoms with E-state index in [-0.39, 0.29) is 6.61 Å². The SMILES string of the molecule is C[C@@H](CN1CCN(CCO)CC1)c1cccc(Br)c1. The first kappa shape index (κ1) is 15.0. The molecule has 1 aromatic rings. The van der Waals surface area contributed by atoms with Crippen LogP contribution in [0.25, 0.3) is 0 Å². The van der Waals surface area contributed by atoms with Gasteiger partial charge in [-0.15, -0.1) is 0 Å². The number of nitrogens with zero attached hydrogens (tertiary/aromatic N) is 2. The number of hydrogen-bond donors (Lipinski definition) is 1. The molecule has 1 heterocycles. The van der Waals surface area contributed by atoms with E-state index in [0.717, 1.165) is 43.7 Å². The third-order valence-corrected chi connectivity index (χ3v) is 4.32. The van der Waals surface area contributed by atoms with Gasteiger partial charge in [0.15, 0.2) is 0 Å². The monoisotopic (exact) mass is 326 g/mol. The van der Waals surface area contributed by atoms with E-state index in [1.54, 1.807) is 0 Å². The first-order valence-electron chi connectivity index (χ1n) is 7.00. The Kier molecular flexibility index (Phi) is 5.82. The number of aliphatic hydroxyl groups excluding tert-OH is 1. The van der Waals surface area contributed by atoms with Gasteiger partial charge in [0, 0.05) is 43.7 Å². The lowest BCUT2D eigenvalue weighted by Crippen LogP contribution is -2.47. The highest BCUT2D eigenvalue weighted by atomic mass is 79.9. The molecule has 0 amide bonds. The highest BCUT2D eigenvalue weighted by Crippen LogP contribution is 2.21. The van der Waals surface area contributed by atoms with Gasteiger partial charge in [0.2, 0.25) is 0 Å². The third kappa shape index (κ3) is 4.56. The number of piperazine rings is 1. The van der Waals surface area contributed by atoms with Crippen LogP contribution in [-0.4, -0.2) is 60.8 Å². The van der Waals surface area contributed by atoms with Gasteiger partial charge in [0.05, 0.1) is 6.61 Å². The van der Waals surface area contributed by atoms with E-state index in [4.69, 9.17) is 5.11 Å². The summed E-state index contributed by atoms with van der Waals surface area (Å²) in [7, 11) is 0. The second-order valence-corrected chi connectivity index (χ2v) is 6.24. The lowest BCUT2D eigenvalue weighted by molar-refractivity contribution is 0.109. The van der Waals surface area contributed by atoms with Crippen molar-refractivity contribution in [1.82, 2.24) is 9.80 Å². The van der Waals surface area contributed by atoms with E-state index >= 15 is 0 Å². The van der Waals surface area contributed by atoms with Gasteiger partial charge in [-0.05, 0) is 23.6 Å². The fourth-order valence-corrected chi connectivity index (χ4v) is 3.06. The Hall–Kier alpha value is -0.420. The van der Waals surface area contributed by atoms with Gasteiger partial charge in [0.1, 0.15) is 0 Å². The van der Waals surface area contributed by atoms with Crippen LogP contribution < -0.4 is 0 Å². The smallest absolute Gasteiger partial charge is 0.0558 e. The number of aliphatic hydroxyl groups is 1. The minimum absolute atomic E-state index is 0.272. The van der Waals surface area contributed by atoms with Gasteiger partial charge in [-0.25, -0.2) is 0 Å². The van der Waals surface area contributed by atoms with E-state index in [9.17, 15) is 0 Å². The van der Waals surface area contributed by atoms with Crippen LogP contribution in [0.3, 0.4) is 0 Å². The van der Waals surface area contributed by atoms with Crippen molar-refractivity contribution in [2.75, 3.05) is 45.9 Å². The molecule has 0 spiro atoms. The van der Waals surface area contributed by atoms with Crippen LogP contribution in [0.1, 0.15) is 18.4 Å². The zero-order valence-electron chi connectivity index (χ0n) is 11.6. The molecule has 1 fully saturated rings. The Morgan fingerprint density at radius 1 is 1.21 bits per heavy atom. The first-order valence-corrected chi connectivity index (χ1v) is 7.79. The first-order chi connectivity index (χ1) is 9.19. The molecule has 1 aromatic carbocycles. The Morgan fingerprint density at radius 2 is 1.89 bits per heavy atom. The lowest BCUT2D eigenvalue weighted by atomic mass is 10.0. The zero-order chi connectivity index (χ0) is 13.7. The standard InChI is InChI=1S/C15H23BrN2O/c1-13(14-3-2-4-15(16)11-14)12-18-7-5-17(6-8-18)9-10-19/h2-4,11,13,19H,5-10,12H2,1H3/t13-/m0/s1. The number of benzene rings is 1. The highest BCUT2D eigenvalue weighted by molar-refractivity contribution is 9.10. The van der Waals surface area contributed by atoms with Crippen LogP contribution in [0, 0.1) is 0 Å². The molecular weight excluding hydrogens is 304 g/mol. The number of hydrogen-bond acceptors (Lipinski definition) is 3. The number of rotatable bonds is 5. The summed E-state index contributed by atoms with van der Waals surface area (Å²) in [5, 5.41) is 8.94. The fourth-order valence-electron chi connectivity index (χ4n) is 2.64. The molecule has 106 valence electrons. The molecule has 0 bridgehead atoms. The summed E-state index contributed by atoms with van der Waals surface area (Å²) >= 11 is 3.54. The topological polar surface area (TPSA) is 26.7 Å². The second kappa shape index (κ2) is 7.39. The Bertz CT molecular complexity index is 391. The summed E-state index contributed by atoms with van der Waals surface area (Å²) < 4.78 is 1.16. The zero-order valence-corrected chi connectivity index (χ0v) is 13.1. The molecule has 0 radical (unpaired) electrons. The molecule has 19 heavy (non-hydrogen) atoms. The van der Waals surface area contributed by atoms with Crippen molar-refractivity contribution in [2.24, 2.45) is 0 Å². The summed E-state index contributed by atoms with van der Waals surface area (Å²) in [6, 6.07) is 8.60. The van der Waals surface area contributed by atoms with Gasteiger partial charge < -0.3 is 10.0 Å². The molecule has 4 heteroatoms. The number of halogens is 1. The van der Waals surface area contributed by atoms with Gasteiger partial charge in [-0.3, -0.25) is 4.90 Å². The van der Waals surface area contributed by atoms with E-state index in [1.165, 1.54) is 5.56 Å². The van der Waals surface area contributed by atoms with E-state index in [1.807, 2.05) is 0 Å². The largest absolute Gasteiger partial charge is 0.395 e. The van der Waals surface area contributed by atoms with Crippen molar-refractivity contribution in [3.63, 3.8) is 0 Å². The van der Waals surface area contributed by atoms with E-state index in [2.05, 4.69) is 56.9 Å². The molecule has 2 rings (SSSR count). The quantitative estimate of drug-likeness (QED) is 0.898. The van der Waals surface area contributed by atoms with Crippen LogP contribution in [0.2, 0.25) is 0 Å². The van der Waals surface area contributed by atoms with Gasteiger partial charge in [0.25, 0.3) is 0 Å². The summed E-state index contributed by atoms with van der Waals surface area (Å²) in [5.74, 6) is 0.557. The van der Waals surface area contributed by atoms with Crippen LogP contribution in [0.5, 0.6) is 0 Å². The Balaban J connectivity index is 1.82. The highest BCUT2D eigenvalue weighted by Gasteiger charge is 2.18. The van der Waals surface area contributed by atoms with Crippen LogP contribution in [0.15, 0.2) is 28.7 Å².